The third-order valence-electron chi connectivity index (χ3n) is 4.77. The maximum atomic E-state index is 14.0. The van der Waals surface area contributed by atoms with Gasteiger partial charge in [-0.05, 0) is 42.2 Å². The zero-order chi connectivity index (χ0) is 19.8. The van der Waals surface area contributed by atoms with E-state index >= 15 is 0 Å². The number of rotatable bonds is 4. The van der Waals surface area contributed by atoms with Gasteiger partial charge in [-0.2, -0.15) is 0 Å². The van der Waals surface area contributed by atoms with E-state index in [1.165, 1.54) is 18.5 Å². The maximum Gasteiger partial charge on any atom is 0.141 e. The first kappa shape index (κ1) is 17.8. The molecule has 1 aromatic heterocycles. The number of nitrogens with zero attached hydrogens (tertiary/aromatic N) is 2. The molecule has 0 radical (unpaired) electrons. The summed E-state index contributed by atoms with van der Waals surface area (Å²) in [6.07, 6.45) is 2.34. The number of nitrogens with two attached hydrogens (primary N) is 1. The minimum absolute atomic E-state index is 0.0490. The number of halogens is 2. The molecule has 8 heteroatoms. The van der Waals surface area contributed by atoms with E-state index in [-0.39, 0.29) is 40.3 Å². The van der Waals surface area contributed by atoms with Crippen LogP contribution in [0.4, 0.5) is 20.4 Å². The highest BCUT2D eigenvalue weighted by molar-refractivity contribution is 6.16. The fourth-order valence-electron chi connectivity index (χ4n) is 3.52. The molecule has 5 N–H and O–H groups in total. The number of hydrogen-bond acceptors (Lipinski definition) is 6. The van der Waals surface area contributed by atoms with Crippen molar-refractivity contribution in [2.45, 2.75) is 18.9 Å². The second-order valence-corrected chi connectivity index (χ2v) is 6.68. The lowest BCUT2D eigenvalue weighted by Gasteiger charge is -2.17. The van der Waals surface area contributed by atoms with Crippen molar-refractivity contribution in [1.82, 2.24) is 9.97 Å². The molecule has 6 nitrogen and oxygen atoms in total. The number of phenols is 1. The van der Waals surface area contributed by atoms with Gasteiger partial charge in [0.25, 0.3) is 0 Å². The Bertz CT molecular complexity index is 1070. The third kappa shape index (κ3) is 3.24. The molecule has 3 aromatic rings. The fraction of sp³-hybridized carbons (Fsp3) is 0.150. The predicted octanol–water partition coefficient (Wildman–Crippen LogP) is 3.04. The van der Waals surface area contributed by atoms with Crippen molar-refractivity contribution in [2.24, 2.45) is 0 Å². The number of aromatic hydroxyl groups is 1. The summed E-state index contributed by atoms with van der Waals surface area (Å²) in [5.74, 6) is -0.864. The van der Waals surface area contributed by atoms with Crippen LogP contribution in [-0.2, 0) is 12.8 Å². The molecular formula is C20H17F2N5O. The molecule has 1 unspecified atom stereocenters. The third-order valence-corrected chi connectivity index (χ3v) is 4.77. The Hall–Kier alpha value is -3.55. The lowest BCUT2D eigenvalue weighted by molar-refractivity contribution is 0.469. The van der Waals surface area contributed by atoms with Crippen LogP contribution >= 0.6 is 0 Å². The summed E-state index contributed by atoms with van der Waals surface area (Å²) in [4.78, 5) is 8.12. The van der Waals surface area contributed by atoms with Crippen LogP contribution in [0, 0.1) is 17.0 Å². The summed E-state index contributed by atoms with van der Waals surface area (Å²) in [5, 5.41) is 21.3. The number of nitrogens with one attached hydrogen (secondary N) is 2. The van der Waals surface area contributed by atoms with Crippen LogP contribution in [-0.4, -0.2) is 26.8 Å². The number of aromatic nitrogens is 2. The normalized spacial score (nSPS) is 15.3. The first-order chi connectivity index (χ1) is 13.4. The molecule has 4 rings (SSSR count). The van der Waals surface area contributed by atoms with Crippen molar-refractivity contribution in [2.75, 3.05) is 11.1 Å². The topological polar surface area (TPSA) is 108 Å². The first-order valence-electron chi connectivity index (χ1n) is 8.64. The number of benzene rings is 2. The largest absolute Gasteiger partial charge is 0.508 e. The van der Waals surface area contributed by atoms with E-state index in [1.807, 2.05) is 6.07 Å². The van der Waals surface area contributed by atoms with Gasteiger partial charge in [-0.1, -0.05) is 12.1 Å². The Morgan fingerprint density at radius 2 is 2.00 bits per heavy atom. The van der Waals surface area contributed by atoms with E-state index in [1.54, 1.807) is 6.07 Å². The minimum atomic E-state index is -0.675. The highest BCUT2D eigenvalue weighted by Crippen LogP contribution is 2.29. The van der Waals surface area contributed by atoms with E-state index in [0.717, 1.165) is 17.7 Å². The minimum Gasteiger partial charge on any atom is -0.508 e. The van der Waals surface area contributed by atoms with E-state index in [2.05, 4.69) is 15.3 Å². The Kier molecular flexibility index (Phi) is 4.38. The van der Waals surface area contributed by atoms with Crippen LogP contribution < -0.4 is 11.1 Å². The van der Waals surface area contributed by atoms with Crippen molar-refractivity contribution >= 4 is 17.3 Å². The molecule has 0 spiro atoms. The molecule has 0 bridgehead atoms. The second kappa shape index (κ2) is 6.88. The molecule has 0 saturated heterocycles. The molecule has 0 fully saturated rings. The van der Waals surface area contributed by atoms with Gasteiger partial charge in [0.15, 0.2) is 0 Å². The maximum absolute atomic E-state index is 14.0. The van der Waals surface area contributed by atoms with Crippen LogP contribution in [0.5, 0.6) is 5.75 Å². The predicted molar refractivity (Wildman–Crippen MR) is 102 cm³/mol. The van der Waals surface area contributed by atoms with E-state index in [9.17, 15) is 13.9 Å². The van der Waals surface area contributed by atoms with E-state index in [0.29, 0.717) is 24.2 Å². The molecular weight excluding hydrogens is 364 g/mol. The molecule has 142 valence electrons. The quantitative estimate of drug-likeness (QED) is 0.520. The van der Waals surface area contributed by atoms with Crippen molar-refractivity contribution in [3.8, 4) is 5.75 Å². The summed E-state index contributed by atoms with van der Waals surface area (Å²) >= 11 is 0. The van der Waals surface area contributed by atoms with Crippen LogP contribution in [0.1, 0.15) is 22.3 Å². The highest BCUT2D eigenvalue weighted by Gasteiger charge is 2.26. The molecule has 1 atom stereocenters. The van der Waals surface area contributed by atoms with Gasteiger partial charge < -0.3 is 16.2 Å². The van der Waals surface area contributed by atoms with Crippen LogP contribution in [0.15, 0.2) is 42.7 Å². The van der Waals surface area contributed by atoms with Gasteiger partial charge in [0.2, 0.25) is 0 Å². The van der Waals surface area contributed by atoms with E-state index < -0.39 is 5.82 Å². The lowest BCUT2D eigenvalue weighted by atomic mass is 10.0. The Balaban J connectivity index is 1.66. The summed E-state index contributed by atoms with van der Waals surface area (Å²) in [5.41, 5.74) is 7.77. The van der Waals surface area contributed by atoms with Crippen LogP contribution in [0.2, 0.25) is 0 Å². The Morgan fingerprint density at radius 3 is 2.75 bits per heavy atom. The monoisotopic (exact) mass is 381 g/mol. The molecule has 1 heterocycles. The number of phenolic OH excluding ortho intramolecular Hbond substituents is 1. The van der Waals surface area contributed by atoms with Crippen molar-refractivity contribution in [3.05, 3.63) is 76.6 Å². The highest BCUT2D eigenvalue weighted by atomic mass is 19.1. The van der Waals surface area contributed by atoms with Crippen molar-refractivity contribution in [3.63, 3.8) is 0 Å². The average Bonchev–Trinajstić information content (AvgIpc) is 3.04. The fourth-order valence-corrected chi connectivity index (χ4v) is 3.52. The first-order valence-corrected chi connectivity index (χ1v) is 8.64. The average molecular weight is 381 g/mol. The number of nitrogen functional groups attached to an aromatic ring is 1. The zero-order valence-electron chi connectivity index (χ0n) is 14.7. The molecule has 2 aromatic carbocycles. The molecule has 0 saturated carbocycles. The van der Waals surface area contributed by atoms with Crippen molar-refractivity contribution < 1.29 is 13.9 Å². The summed E-state index contributed by atoms with van der Waals surface area (Å²) < 4.78 is 27.7. The van der Waals surface area contributed by atoms with E-state index in [4.69, 9.17) is 11.1 Å². The van der Waals surface area contributed by atoms with Crippen LogP contribution in [0.25, 0.3) is 0 Å². The molecule has 0 aliphatic heterocycles. The van der Waals surface area contributed by atoms with Gasteiger partial charge in [-0.15, -0.1) is 0 Å². The Labute approximate surface area is 159 Å². The van der Waals surface area contributed by atoms with Crippen molar-refractivity contribution in [1.29, 1.82) is 5.41 Å². The second-order valence-electron chi connectivity index (χ2n) is 6.68. The SMILES string of the molecule is N=C(c1cc(O)cc(F)c1)c1c(N)ncnc1NC1Cc2cccc(F)c2C1. The lowest BCUT2D eigenvalue weighted by Crippen LogP contribution is -2.23. The molecule has 28 heavy (non-hydrogen) atoms. The van der Waals surface area contributed by atoms with Crippen LogP contribution in [0.3, 0.4) is 0 Å². The standard InChI is InChI=1S/C20H17F2N5O/c21-12-4-11(6-14(28)7-12)18(23)17-19(24)25-9-26-20(17)27-13-5-10-2-1-3-16(22)15(10)8-13/h1-4,6-7,9,13,23,28H,5,8H2,(H3,24,25,26,27). The summed E-state index contributed by atoms with van der Waals surface area (Å²) in [6, 6.07) is 8.20. The number of fused-ring (bicyclic) bond motifs is 1. The van der Waals surface area contributed by atoms with Gasteiger partial charge in [-0.25, -0.2) is 18.7 Å². The van der Waals surface area contributed by atoms with Gasteiger partial charge in [0, 0.05) is 17.7 Å². The summed E-state index contributed by atoms with van der Waals surface area (Å²) in [7, 11) is 0. The van der Waals surface area contributed by atoms with Gasteiger partial charge in [0.1, 0.15) is 35.3 Å². The number of anilines is 2. The molecule has 1 aliphatic carbocycles. The Morgan fingerprint density at radius 1 is 1.18 bits per heavy atom. The molecule has 1 aliphatic rings. The number of hydrogen-bond donors (Lipinski definition) is 4. The van der Waals surface area contributed by atoms with Gasteiger partial charge in [0.05, 0.1) is 11.3 Å². The summed E-state index contributed by atoms with van der Waals surface area (Å²) in [6.45, 7) is 0. The van der Waals surface area contributed by atoms with Gasteiger partial charge in [-0.3, -0.25) is 5.41 Å². The van der Waals surface area contributed by atoms with Gasteiger partial charge >= 0.3 is 0 Å². The molecule has 0 amide bonds. The smallest absolute Gasteiger partial charge is 0.141 e. The zero-order valence-corrected chi connectivity index (χ0v) is 14.7.